The van der Waals surface area contributed by atoms with Crippen molar-refractivity contribution < 1.29 is 24.3 Å². The average molecular weight is 460 g/mol. The van der Waals surface area contributed by atoms with Gasteiger partial charge in [0.15, 0.2) is 12.2 Å². The molecule has 3 aromatic rings. The summed E-state index contributed by atoms with van der Waals surface area (Å²) in [5.74, 6) is -1.51. The quantitative estimate of drug-likeness (QED) is 0.489. The Kier molecular flexibility index (Phi) is 7.01. The molecule has 0 spiro atoms. The molecule has 9 nitrogen and oxygen atoms in total. The van der Waals surface area contributed by atoms with E-state index >= 15 is 0 Å². The van der Waals surface area contributed by atoms with Crippen molar-refractivity contribution >= 4 is 11.8 Å². The Hall–Kier alpha value is -4.00. The summed E-state index contributed by atoms with van der Waals surface area (Å²) in [6.07, 6.45) is -0.951. The molecule has 1 fully saturated rings. The van der Waals surface area contributed by atoms with Crippen molar-refractivity contribution in [3.8, 4) is 17.3 Å². The van der Waals surface area contributed by atoms with E-state index in [2.05, 4.69) is 10.5 Å². The van der Waals surface area contributed by atoms with Gasteiger partial charge in [-0.15, -0.1) is 0 Å². The fourth-order valence-electron chi connectivity index (χ4n) is 4.10. The van der Waals surface area contributed by atoms with Crippen LogP contribution in [0.15, 0.2) is 65.4 Å². The van der Waals surface area contributed by atoms with Crippen LogP contribution in [0.25, 0.3) is 11.3 Å². The zero-order valence-electron chi connectivity index (χ0n) is 18.3. The van der Waals surface area contributed by atoms with Crippen LogP contribution in [-0.4, -0.2) is 50.8 Å². The largest absolute Gasteiger partial charge is 0.380 e. The summed E-state index contributed by atoms with van der Waals surface area (Å²) in [5.41, 5.74) is 3.09. The van der Waals surface area contributed by atoms with Crippen molar-refractivity contribution in [3.63, 3.8) is 0 Å². The second-order valence-corrected chi connectivity index (χ2v) is 8.09. The number of aliphatic hydroxyl groups excluding tert-OH is 2. The van der Waals surface area contributed by atoms with Gasteiger partial charge in [-0.1, -0.05) is 59.8 Å². The Bertz CT molecular complexity index is 1190. The van der Waals surface area contributed by atoms with Gasteiger partial charge >= 0.3 is 0 Å². The van der Waals surface area contributed by atoms with Crippen LogP contribution >= 0.6 is 0 Å². The number of aromatic nitrogens is 1. The molecule has 1 saturated heterocycles. The van der Waals surface area contributed by atoms with Crippen LogP contribution < -0.4 is 5.32 Å². The average Bonchev–Trinajstić information content (AvgIpc) is 3.56. The third kappa shape index (κ3) is 4.83. The number of hydrogen-bond donors (Lipinski definition) is 3. The highest BCUT2D eigenvalue weighted by Crippen LogP contribution is 2.32. The van der Waals surface area contributed by atoms with E-state index in [1.165, 1.54) is 11.2 Å². The third-order valence-corrected chi connectivity index (χ3v) is 5.93. The van der Waals surface area contributed by atoms with Crippen LogP contribution in [-0.2, 0) is 16.1 Å². The first kappa shape index (κ1) is 23.2. The number of hydrogen-bond acceptors (Lipinski definition) is 7. The zero-order chi connectivity index (χ0) is 24.1. The SMILES string of the molecule is N#Cc1conc1-c1ccc(CNC(=O)[C@H](O)[C@@H](O)C(=O)N2CCC[C@@H]2c2ccccc2)cc1. The van der Waals surface area contributed by atoms with Crippen LogP contribution in [0.2, 0.25) is 0 Å². The third-order valence-electron chi connectivity index (χ3n) is 5.93. The van der Waals surface area contributed by atoms with Gasteiger partial charge in [0, 0.05) is 18.7 Å². The van der Waals surface area contributed by atoms with Crippen LogP contribution in [0.4, 0.5) is 0 Å². The first-order valence-electron chi connectivity index (χ1n) is 10.9. The molecular formula is C25H24N4O5. The molecule has 3 N–H and O–H groups in total. The monoisotopic (exact) mass is 460 g/mol. The number of carbonyl (C=O) groups excluding carboxylic acids is 2. The fourth-order valence-corrected chi connectivity index (χ4v) is 4.10. The molecule has 1 aliphatic rings. The van der Waals surface area contributed by atoms with E-state index in [1.54, 1.807) is 24.3 Å². The predicted octanol–water partition coefficient (Wildman–Crippen LogP) is 1.91. The lowest BCUT2D eigenvalue weighted by molar-refractivity contribution is -0.153. The molecule has 174 valence electrons. The van der Waals surface area contributed by atoms with E-state index in [0.717, 1.165) is 24.0 Å². The van der Waals surface area contributed by atoms with Gasteiger partial charge in [0.2, 0.25) is 0 Å². The van der Waals surface area contributed by atoms with Crippen molar-refractivity contribution in [2.45, 2.75) is 37.6 Å². The highest BCUT2D eigenvalue weighted by atomic mass is 16.5. The zero-order valence-corrected chi connectivity index (χ0v) is 18.3. The summed E-state index contributed by atoms with van der Waals surface area (Å²) in [5, 5.41) is 36.2. The van der Waals surface area contributed by atoms with Crippen LogP contribution in [0.3, 0.4) is 0 Å². The molecule has 34 heavy (non-hydrogen) atoms. The standard InChI is InChI=1S/C25H24N4O5/c26-13-19-15-34-28-21(19)18-10-8-16(9-11-18)14-27-24(32)22(30)23(31)25(33)29-12-4-7-20(29)17-5-2-1-3-6-17/h1-3,5-6,8-11,15,20,22-23,30-31H,4,7,12,14H2,(H,27,32)/t20-,22-,23-/m1/s1. The molecule has 0 unspecified atom stereocenters. The van der Waals surface area contributed by atoms with Gasteiger partial charge in [-0.2, -0.15) is 5.26 Å². The lowest BCUT2D eigenvalue weighted by Gasteiger charge is -2.28. The number of amides is 2. The molecule has 0 bridgehead atoms. The van der Waals surface area contributed by atoms with Gasteiger partial charge in [-0.3, -0.25) is 9.59 Å². The van der Waals surface area contributed by atoms with Crippen molar-refractivity contribution in [1.82, 2.24) is 15.4 Å². The molecule has 0 aliphatic carbocycles. The van der Waals surface area contributed by atoms with Crippen molar-refractivity contribution in [3.05, 3.63) is 77.6 Å². The van der Waals surface area contributed by atoms with Crippen LogP contribution in [0.5, 0.6) is 0 Å². The van der Waals surface area contributed by atoms with Crippen molar-refractivity contribution in [1.29, 1.82) is 5.26 Å². The van der Waals surface area contributed by atoms with E-state index < -0.39 is 24.0 Å². The maximum Gasteiger partial charge on any atom is 0.255 e. The lowest BCUT2D eigenvalue weighted by Crippen LogP contribution is -2.50. The second-order valence-electron chi connectivity index (χ2n) is 8.09. The van der Waals surface area contributed by atoms with E-state index in [1.807, 2.05) is 36.4 Å². The maximum absolute atomic E-state index is 12.9. The van der Waals surface area contributed by atoms with E-state index in [4.69, 9.17) is 9.78 Å². The Morgan fingerprint density at radius 1 is 1.15 bits per heavy atom. The lowest BCUT2D eigenvalue weighted by atomic mass is 10.0. The van der Waals surface area contributed by atoms with Crippen LogP contribution in [0.1, 0.15) is 35.6 Å². The van der Waals surface area contributed by atoms with Crippen molar-refractivity contribution in [2.75, 3.05) is 6.54 Å². The number of nitrogens with one attached hydrogen (secondary N) is 1. The molecule has 0 radical (unpaired) electrons. The second kappa shape index (κ2) is 10.3. The Morgan fingerprint density at radius 3 is 2.59 bits per heavy atom. The number of nitrogens with zero attached hydrogens (tertiary/aromatic N) is 3. The van der Waals surface area contributed by atoms with Gasteiger partial charge in [-0.05, 0) is 24.0 Å². The van der Waals surface area contributed by atoms with Gasteiger partial charge in [0.1, 0.15) is 23.6 Å². The number of rotatable bonds is 7. The van der Waals surface area contributed by atoms with E-state index in [-0.39, 0.29) is 12.6 Å². The van der Waals surface area contributed by atoms with Crippen molar-refractivity contribution in [2.24, 2.45) is 0 Å². The number of carbonyl (C=O) groups is 2. The first-order chi connectivity index (χ1) is 16.5. The Labute approximate surface area is 196 Å². The van der Waals surface area contributed by atoms with E-state index in [9.17, 15) is 19.8 Å². The first-order valence-corrected chi connectivity index (χ1v) is 10.9. The minimum Gasteiger partial charge on any atom is -0.380 e. The molecule has 2 aromatic carbocycles. The molecule has 1 aliphatic heterocycles. The van der Waals surface area contributed by atoms with Crippen LogP contribution in [0, 0.1) is 11.3 Å². The summed E-state index contributed by atoms with van der Waals surface area (Å²) < 4.78 is 4.82. The minimum atomic E-state index is -1.89. The molecule has 4 rings (SSSR count). The summed E-state index contributed by atoms with van der Waals surface area (Å²) in [7, 11) is 0. The minimum absolute atomic E-state index is 0.0807. The highest BCUT2D eigenvalue weighted by Gasteiger charge is 2.38. The Morgan fingerprint density at radius 2 is 1.88 bits per heavy atom. The molecular weight excluding hydrogens is 436 g/mol. The summed E-state index contributed by atoms with van der Waals surface area (Å²) >= 11 is 0. The number of aliphatic hydroxyl groups is 2. The topological polar surface area (TPSA) is 140 Å². The number of likely N-dealkylation sites (tertiary alicyclic amines) is 1. The molecule has 9 heteroatoms. The fraction of sp³-hybridized carbons (Fsp3) is 0.280. The smallest absolute Gasteiger partial charge is 0.255 e. The maximum atomic E-state index is 12.9. The highest BCUT2D eigenvalue weighted by molar-refractivity contribution is 5.91. The number of benzene rings is 2. The molecule has 2 amide bonds. The summed E-state index contributed by atoms with van der Waals surface area (Å²) in [6, 6.07) is 18.2. The molecule has 0 saturated carbocycles. The normalized spacial score (nSPS) is 17.1. The number of nitriles is 1. The van der Waals surface area contributed by atoms with Gasteiger partial charge in [0.25, 0.3) is 11.8 Å². The summed E-state index contributed by atoms with van der Waals surface area (Å²) in [4.78, 5) is 26.8. The van der Waals surface area contributed by atoms with Gasteiger partial charge < -0.3 is 25.0 Å². The van der Waals surface area contributed by atoms with Gasteiger partial charge in [-0.25, -0.2) is 0 Å². The predicted molar refractivity (Wildman–Crippen MR) is 121 cm³/mol. The van der Waals surface area contributed by atoms with Gasteiger partial charge in [0.05, 0.1) is 6.04 Å². The molecule has 2 heterocycles. The molecule has 1 aromatic heterocycles. The Balaban J connectivity index is 1.34. The summed E-state index contributed by atoms with van der Waals surface area (Å²) in [6.45, 7) is 0.534. The van der Waals surface area contributed by atoms with E-state index in [0.29, 0.717) is 23.4 Å². The molecule has 3 atom stereocenters.